The lowest BCUT2D eigenvalue weighted by Gasteiger charge is -2.28. The molecule has 18 heavy (non-hydrogen) atoms. The molecule has 0 radical (unpaired) electrons. The molecule has 0 amide bonds. The van der Waals surface area contributed by atoms with Crippen molar-refractivity contribution in [1.29, 1.82) is 0 Å². The second kappa shape index (κ2) is 5.87. The van der Waals surface area contributed by atoms with Gasteiger partial charge in [-0.25, -0.2) is 9.97 Å². The Bertz CT molecular complexity index is 420. The van der Waals surface area contributed by atoms with Crippen LogP contribution in [0, 0.1) is 12.8 Å². The number of anilines is 1. The van der Waals surface area contributed by atoms with E-state index in [1.165, 1.54) is 25.7 Å². The third-order valence-corrected chi connectivity index (χ3v) is 4.09. The van der Waals surface area contributed by atoms with Crippen molar-refractivity contribution < 1.29 is 0 Å². The van der Waals surface area contributed by atoms with Gasteiger partial charge in [0.15, 0.2) is 0 Å². The van der Waals surface area contributed by atoms with Gasteiger partial charge in [-0.2, -0.15) is 0 Å². The molecule has 3 nitrogen and oxygen atoms in total. The lowest BCUT2D eigenvalue weighted by molar-refractivity contribution is 0.358. The molecule has 100 valence electrons. The largest absolute Gasteiger partial charge is 0.367 e. The molecule has 1 heterocycles. The summed E-state index contributed by atoms with van der Waals surface area (Å²) in [5, 5.41) is 4.14. The van der Waals surface area contributed by atoms with Gasteiger partial charge in [0.05, 0.1) is 0 Å². The molecule has 0 saturated heterocycles. The Morgan fingerprint density at radius 2 is 2.11 bits per heavy atom. The highest BCUT2D eigenvalue weighted by Gasteiger charge is 2.20. The molecule has 1 saturated carbocycles. The van der Waals surface area contributed by atoms with Gasteiger partial charge in [0.25, 0.3) is 0 Å². The van der Waals surface area contributed by atoms with Crippen LogP contribution in [0.5, 0.6) is 0 Å². The van der Waals surface area contributed by atoms with Crippen LogP contribution in [-0.4, -0.2) is 16.0 Å². The predicted molar refractivity (Wildman–Crippen MR) is 76.2 cm³/mol. The van der Waals surface area contributed by atoms with Gasteiger partial charge in [0.1, 0.15) is 16.8 Å². The summed E-state index contributed by atoms with van der Waals surface area (Å²) in [6.07, 6.45) is 5.92. The van der Waals surface area contributed by atoms with Crippen LogP contribution in [0.15, 0.2) is 0 Å². The third kappa shape index (κ3) is 3.14. The fourth-order valence-electron chi connectivity index (χ4n) is 2.59. The number of halogens is 1. The summed E-state index contributed by atoms with van der Waals surface area (Å²) in [4.78, 5) is 8.84. The summed E-state index contributed by atoms with van der Waals surface area (Å²) in [7, 11) is 0. The van der Waals surface area contributed by atoms with E-state index in [2.05, 4.69) is 22.2 Å². The molecule has 2 atom stereocenters. The lowest BCUT2D eigenvalue weighted by atomic mass is 9.87. The summed E-state index contributed by atoms with van der Waals surface area (Å²) < 4.78 is 0. The molecular formula is C14H22ClN3. The minimum Gasteiger partial charge on any atom is -0.367 e. The summed E-state index contributed by atoms with van der Waals surface area (Å²) in [5.74, 6) is 2.54. The maximum absolute atomic E-state index is 6.15. The summed E-state index contributed by atoms with van der Waals surface area (Å²) >= 11 is 6.15. The maximum Gasteiger partial charge on any atom is 0.137 e. The molecule has 0 aromatic carbocycles. The number of rotatable bonds is 3. The predicted octanol–water partition coefficient (Wildman–Crippen LogP) is 3.99. The molecule has 2 rings (SSSR count). The molecule has 1 aromatic heterocycles. The van der Waals surface area contributed by atoms with Crippen molar-refractivity contribution in [1.82, 2.24) is 9.97 Å². The van der Waals surface area contributed by atoms with Gasteiger partial charge in [-0.1, -0.05) is 38.3 Å². The first-order chi connectivity index (χ1) is 8.60. The summed E-state index contributed by atoms with van der Waals surface area (Å²) in [6.45, 7) is 6.36. The first-order valence-corrected chi connectivity index (χ1v) is 7.27. The Morgan fingerprint density at radius 3 is 2.78 bits per heavy atom. The van der Waals surface area contributed by atoms with Crippen LogP contribution in [0.25, 0.3) is 0 Å². The summed E-state index contributed by atoms with van der Waals surface area (Å²) in [6, 6.07) is 0.531. The second-order valence-electron chi connectivity index (χ2n) is 5.37. The van der Waals surface area contributed by atoms with E-state index in [4.69, 9.17) is 11.6 Å². The zero-order valence-corrected chi connectivity index (χ0v) is 12.2. The monoisotopic (exact) mass is 267 g/mol. The molecule has 1 fully saturated rings. The van der Waals surface area contributed by atoms with Crippen LogP contribution in [0.1, 0.15) is 50.9 Å². The Kier molecular flexibility index (Phi) is 4.44. The Morgan fingerprint density at radius 1 is 1.33 bits per heavy atom. The van der Waals surface area contributed by atoms with Gasteiger partial charge in [-0.05, 0) is 25.7 Å². The number of aromatic nitrogens is 2. The average Bonchev–Trinajstić information content (AvgIpc) is 2.34. The van der Waals surface area contributed by atoms with Crippen molar-refractivity contribution >= 4 is 17.4 Å². The molecule has 2 unspecified atom stereocenters. The molecule has 4 heteroatoms. The molecule has 1 aliphatic rings. The van der Waals surface area contributed by atoms with E-state index < -0.39 is 0 Å². The van der Waals surface area contributed by atoms with Crippen LogP contribution in [0.2, 0.25) is 5.15 Å². The number of nitrogens with one attached hydrogen (secondary N) is 1. The fourth-order valence-corrected chi connectivity index (χ4v) is 2.78. The number of hydrogen-bond donors (Lipinski definition) is 1. The minimum absolute atomic E-state index is 0.531. The zero-order chi connectivity index (χ0) is 13.1. The van der Waals surface area contributed by atoms with E-state index in [1.807, 2.05) is 13.8 Å². The van der Waals surface area contributed by atoms with E-state index in [0.717, 1.165) is 29.5 Å². The lowest BCUT2D eigenvalue weighted by Crippen LogP contribution is -2.27. The average molecular weight is 268 g/mol. The molecule has 0 aliphatic heterocycles. The van der Waals surface area contributed by atoms with E-state index >= 15 is 0 Å². The van der Waals surface area contributed by atoms with Crippen molar-refractivity contribution in [2.45, 2.75) is 58.9 Å². The summed E-state index contributed by atoms with van der Waals surface area (Å²) in [5.41, 5.74) is 0.965. The number of aryl methyl sites for hydroxylation is 1. The van der Waals surface area contributed by atoms with Crippen LogP contribution >= 0.6 is 11.6 Å². The Labute approximate surface area is 114 Å². The zero-order valence-electron chi connectivity index (χ0n) is 11.5. The molecule has 1 N–H and O–H groups in total. The standard InChI is InChI=1S/C14H22ClN3/c1-4-12-17-13(15)10(3)14(18-12)16-11-7-5-6-9(2)8-11/h9,11H,4-8H2,1-3H3,(H,16,17,18). The topological polar surface area (TPSA) is 37.8 Å². The van der Waals surface area contributed by atoms with E-state index in [0.29, 0.717) is 11.2 Å². The highest BCUT2D eigenvalue weighted by Crippen LogP contribution is 2.28. The fraction of sp³-hybridized carbons (Fsp3) is 0.714. The first kappa shape index (κ1) is 13.6. The molecular weight excluding hydrogens is 246 g/mol. The highest BCUT2D eigenvalue weighted by atomic mass is 35.5. The van der Waals surface area contributed by atoms with Crippen molar-refractivity contribution in [3.8, 4) is 0 Å². The van der Waals surface area contributed by atoms with E-state index in [9.17, 15) is 0 Å². The maximum atomic E-state index is 6.15. The SMILES string of the molecule is CCc1nc(Cl)c(C)c(NC2CCCC(C)C2)n1. The quantitative estimate of drug-likeness (QED) is 0.842. The molecule has 1 aliphatic carbocycles. The van der Waals surface area contributed by atoms with Gasteiger partial charge in [0, 0.05) is 18.0 Å². The first-order valence-electron chi connectivity index (χ1n) is 6.89. The normalized spacial score (nSPS) is 24.0. The van der Waals surface area contributed by atoms with Gasteiger partial charge in [-0.3, -0.25) is 0 Å². The smallest absolute Gasteiger partial charge is 0.137 e. The number of hydrogen-bond acceptors (Lipinski definition) is 3. The van der Waals surface area contributed by atoms with Gasteiger partial charge >= 0.3 is 0 Å². The van der Waals surface area contributed by atoms with E-state index in [1.54, 1.807) is 0 Å². The van der Waals surface area contributed by atoms with Crippen molar-refractivity contribution in [2.24, 2.45) is 5.92 Å². The van der Waals surface area contributed by atoms with Crippen molar-refractivity contribution in [2.75, 3.05) is 5.32 Å². The molecule has 1 aromatic rings. The highest BCUT2D eigenvalue weighted by molar-refractivity contribution is 6.30. The molecule has 0 spiro atoms. The van der Waals surface area contributed by atoms with Gasteiger partial charge < -0.3 is 5.32 Å². The number of nitrogens with zero attached hydrogens (tertiary/aromatic N) is 2. The second-order valence-corrected chi connectivity index (χ2v) is 5.73. The minimum atomic E-state index is 0.531. The van der Waals surface area contributed by atoms with Gasteiger partial charge in [0.2, 0.25) is 0 Å². The van der Waals surface area contributed by atoms with Crippen molar-refractivity contribution in [3.63, 3.8) is 0 Å². The Hall–Kier alpha value is -0.830. The van der Waals surface area contributed by atoms with Gasteiger partial charge in [-0.15, -0.1) is 0 Å². The van der Waals surface area contributed by atoms with Crippen LogP contribution in [0.3, 0.4) is 0 Å². The third-order valence-electron chi connectivity index (χ3n) is 3.73. The van der Waals surface area contributed by atoms with E-state index in [-0.39, 0.29) is 0 Å². The van der Waals surface area contributed by atoms with Crippen LogP contribution < -0.4 is 5.32 Å². The Balaban J connectivity index is 2.14. The van der Waals surface area contributed by atoms with Crippen LogP contribution in [-0.2, 0) is 6.42 Å². The molecule has 0 bridgehead atoms. The van der Waals surface area contributed by atoms with Crippen molar-refractivity contribution in [3.05, 3.63) is 16.5 Å². The van der Waals surface area contributed by atoms with Crippen LogP contribution in [0.4, 0.5) is 5.82 Å².